The van der Waals surface area contributed by atoms with Crippen molar-refractivity contribution < 1.29 is 9.84 Å². The van der Waals surface area contributed by atoms with Gasteiger partial charge in [-0.1, -0.05) is 6.07 Å². The molecule has 0 aromatic heterocycles. The van der Waals surface area contributed by atoms with Gasteiger partial charge >= 0.3 is 0 Å². The highest BCUT2D eigenvalue weighted by Crippen LogP contribution is 2.28. The summed E-state index contributed by atoms with van der Waals surface area (Å²) in [5.74, 6) is 0.365. The van der Waals surface area contributed by atoms with Crippen molar-refractivity contribution in [2.24, 2.45) is 0 Å². The molecule has 0 aliphatic heterocycles. The van der Waals surface area contributed by atoms with Crippen LogP contribution < -0.4 is 5.32 Å². The number of phenols is 1. The van der Waals surface area contributed by atoms with Crippen molar-refractivity contribution in [1.29, 1.82) is 0 Å². The monoisotopic (exact) mass is 209 g/mol. The van der Waals surface area contributed by atoms with Gasteiger partial charge in [0.05, 0.1) is 6.61 Å². The van der Waals surface area contributed by atoms with E-state index in [1.807, 2.05) is 32.9 Å². The molecule has 0 bridgehead atoms. The van der Waals surface area contributed by atoms with Crippen LogP contribution in [0.15, 0.2) is 12.1 Å². The summed E-state index contributed by atoms with van der Waals surface area (Å²) in [6, 6.07) is 4.12. The van der Waals surface area contributed by atoms with E-state index < -0.39 is 0 Å². The molecule has 0 spiro atoms. The predicted molar refractivity (Wildman–Crippen MR) is 62.5 cm³/mol. The number of hydrogen-bond acceptors (Lipinski definition) is 3. The fraction of sp³-hybridized carbons (Fsp3) is 0.500. The van der Waals surface area contributed by atoms with E-state index in [0.717, 1.165) is 16.8 Å². The van der Waals surface area contributed by atoms with E-state index in [0.29, 0.717) is 12.4 Å². The normalized spacial score (nSPS) is 12.5. The Labute approximate surface area is 91.1 Å². The van der Waals surface area contributed by atoms with Gasteiger partial charge in [0.1, 0.15) is 5.75 Å². The molecule has 84 valence electrons. The average Bonchev–Trinajstić information content (AvgIpc) is 2.20. The number of hydrogen-bond donors (Lipinski definition) is 2. The quantitative estimate of drug-likeness (QED) is 0.800. The van der Waals surface area contributed by atoms with Crippen molar-refractivity contribution in [3.8, 4) is 5.75 Å². The molecular weight excluding hydrogens is 190 g/mol. The van der Waals surface area contributed by atoms with E-state index in [1.54, 1.807) is 7.11 Å². The first-order valence-electron chi connectivity index (χ1n) is 5.11. The van der Waals surface area contributed by atoms with Gasteiger partial charge in [0.25, 0.3) is 0 Å². The Morgan fingerprint density at radius 1 is 1.40 bits per heavy atom. The standard InChI is InChI=1S/C12H19NO2/c1-8-5-6-11(10(3)12(8)14)13-9(2)7-15-4/h5-6,9,13-14H,7H2,1-4H3. The smallest absolute Gasteiger partial charge is 0.123 e. The summed E-state index contributed by atoms with van der Waals surface area (Å²) < 4.78 is 5.04. The summed E-state index contributed by atoms with van der Waals surface area (Å²) in [6.07, 6.45) is 0. The summed E-state index contributed by atoms with van der Waals surface area (Å²) in [7, 11) is 1.68. The molecule has 3 heteroatoms. The van der Waals surface area contributed by atoms with Crippen LogP contribution >= 0.6 is 0 Å². The van der Waals surface area contributed by atoms with Crippen LogP contribution in [-0.4, -0.2) is 24.9 Å². The molecule has 0 saturated carbocycles. The van der Waals surface area contributed by atoms with Crippen LogP contribution in [-0.2, 0) is 4.74 Å². The zero-order valence-electron chi connectivity index (χ0n) is 9.79. The number of ether oxygens (including phenoxy) is 1. The maximum absolute atomic E-state index is 9.76. The molecule has 1 unspecified atom stereocenters. The van der Waals surface area contributed by atoms with E-state index in [4.69, 9.17) is 4.74 Å². The third-order valence-corrected chi connectivity index (χ3v) is 2.45. The molecule has 1 atom stereocenters. The molecule has 3 nitrogen and oxygen atoms in total. The van der Waals surface area contributed by atoms with Crippen LogP contribution in [0.4, 0.5) is 5.69 Å². The lowest BCUT2D eigenvalue weighted by Gasteiger charge is -2.17. The van der Waals surface area contributed by atoms with Gasteiger partial charge in [0, 0.05) is 24.4 Å². The Balaban J connectivity index is 2.82. The number of anilines is 1. The second kappa shape index (κ2) is 5.03. The number of benzene rings is 1. The van der Waals surface area contributed by atoms with Gasteiger partial charge in [-0.05, 0) is 32.4 Å². The molecule has 0 aliphatic carbocycles. The van der Waals surface area contributed by atoms with E-state index in [9.17, 15) is 5.11 Å². The molecule has 1 aromatic carbocycles. The van der Waals surface area contributed by atoms with Gasteiger partial charge in [0.2, 0.25) is 0 Å². The number of phenolic OH excluding ortho intramolecular Hbond substituents is 1. The van der Waals surface area contributed by atoms with Crippen molar-refractivity contribution in [1.82, 2.24) is 0 Å². The highest BCUT2D eigenvalue weighted by Gasteiger charge is 2.08. The third-order valence-electron chi connectivity index (χ3n) is 2.45. The SMILES string of the molecule is COCC(C)Nc1ccc(C)c(O)c1C. The number of nitrogens with one attached hydrogen (secondary N) is 1. The Morgan fingerprint density at radius 3 is 2.67 bits per heavy atom. The summed E-state index contributed by atoms with van der Waals surface area (Å²) in [5.41, 5.74) is 2.75. The molecule has 0 saturated heterocycles. The van der Waals surface area contributed by atoms with Crippen molar-refractivity contribution in [2.45, 2.75) is 26.8 Å². The van der Waals surface area contributed by atoms with Gasteiger partial charge in [-0.3, -0.25) is 0 Å². The van der Waals surface area contributed by atoms with Gasteiger partial charge in [-0.15, -0.1) is 0 Å². The van der Waals surface area contributed by atoms with E-state index in [2.05, 4.69) is 5.32 Å². The zero-order chi connectivity index (χ0) is 11.4. The molecular formula is C12H19NO2. The summed E-state index contributed by atoms with van der Waals surface area (Å²) in [6.45, 7) is 6.49. The number of aryl methyl sites for hydroxylation is 1. The number of rotatable bonds is 4. The first kappa shape index (κ1) is 11.9. The van der Waals surface area contributed by atoms with E-state index >= 15 is 0 Å². The van der Waals surface area contributed by atoms with Gasteiger partial charge < -0.3 is 15.2 Å². The van der Waals surface area contributed by atoms with Crippen LogP contribution in [0.5, 0.6) is 5.75 Å². The molecule has 2 N–H and O–H groups in total. The molecule has 1 rings (SSSR count). The highest BCUT2D eigenvalue weighted by molar-refractivity contribution is 5.59. The summed E-state index contributed by atoms with van der Waals surface area (Å²) >= 11 is 0. The molecule has 1 aromatic rings. The van der Waals surface area contributed by atoms with Crippen LogP contribution in [0.25, 0.3) is 0 Å². The van der Waals surface area contributed by atoms with Gasteiger partial charge in [-0.25, -0.2) is 0 Å². The summed E-state index contributed by atoms with van der Waals surface area (Å²) in [4.78, 5) is 0. The fourth-order valence-corrected chi connectivity index (χ4v) is 1.55. The minimum atomic E-state index is 0.232. The van der Waals surface area contributed by atoms with Crippen molar-refractivity contribution in [3.63, 3.8) is 0 Å². The Morgan fingerprint density at radius 2 is 2.07 bits per heavy atom. The predicted octanol–water partition coefficient (Wildman–Crippen LogP) is 2.46. The lowest BCUT2D eigenvalue weighted by Crippen LogP contribution is -2.21. The maximum atomic E-state index is 9.76. The average molecular weight is 209 g/mol. The lowest BCUT2D eigenvalue weighted by molar-refractivity contribution is 0.190. The number of methoxy groups -OCH3 is 1. The Hall–Kier alpha value is -1.22. The molecule has 15 heavy (non-hydrogen) atoms. The van der Waals surface area contributed by atoms with Crippen molar-refractivity contribution >= 4 is 5.69 Å². The van der Waals surface area contributed by atoms with E-state index in [1.165, 1.54) is 0 Å². The zero-order valence-corrected chi connectivity index (χ0v) is 9.79. The Kier molecular flexibility index (Phi) is 3.97. The Bertz CT molecular complexity index is 337. The molecule has 0 amide bonds. The minimum absolute atomic E-state index is 0.232. The fourth-order valence-electron chi connectivity index (χ4n) is 1.55. The maximum Gasteiger partial charge on any atom is 0.123 e. The molecule has 0 aliphatic rings. The van der Waals surface area contributed by atoms with Crippen LogP contribution in [0.3, 0.4) is 0 Å². The summed E-state index contributed by atoms with van der Waals surface area (Å²) in [5, 5.41) is 13.1. The first-order valence-corrected chi connectivity index (χ1v) is 5.11. The van der Waals surface area contributed by atoms with Crippen LogP contribution in [0.1, 0.15) is 18.1 Å². The second-order valence-corrected chi connectivity index (χ2v) is 3.90. The van der Waals surface area contributed by atoms with Crippen LogP contribution in [0, 0.1) is 13.8 Å². The highest BCUT2D eigenvalue weighted by atomic mass is 16.5. The topological polar surface area (TPSA) is 41.5 Å². The minimum Gasteiger partial charge on any atom is -0.507 e. The number of aromatic hydroxyl groups is 1. The van der Waals surface area contributed by atoms with E-state index in [-0.39, 0.29) is 6.04 Å². The van der Waals surface area contributed by atoms with Crippen molar-refractivity contribution in [3.05, 3.63) is 23.3 Å². The largest absolute Gasteiger partial charge is 0.507 e. The van der Waals surface area contributed by atoms with Crippen molar-refractivity contribution in [2.75, 3.05) is 19.0 Å². The molecule has 0 heterocycles. The third kappa shape index (κ3) is 2.86. The molecule has 0 radical (unpaired) electrons. The lowest BCUT2D eigenvalue weighted by atomic mass is 10.1. The van der Waals surface area contributed by atoms with Crippen LogP contribution in [0.2, 0.25) is 0 Å². The van der Waals surface area contributed by atoms with Gasteiger partial charge in [0.15, 0.2) is 0 Å². The second-order valence-electron chi connectivity index (χ2n) is 3.90. The van der Waals surface area contributed by atoms with Gasteiger partial charge in [-0.2, -0.15) is 0 Å². The molecule has 0 fully saturated rings. The first-order chi connectivity index (χ1) is 7.06.